The van der Waals surface area contributed by atoms with Crippen molar-refractivity contribution in [2.45, 2.75) is 26.8 Å². The summed E-state index contributed by atoms with van der Waals surface area (Å²) in [5.41, 5.74) is 4.88. The van der Waals surface area contributed by atoms with E-state index < -0.39 is 0 Å². The maximum Gasteiger partial charge on any atom is 0.124 e. The summed E-state index contributed by atoms with van der Waals surface area (Å²) < 4.78 is 6.72. The topological polar surface area (TPSA) is 21.3 Å². The zero-order chi connectivity index (χ0) is 15.4. The number of ether oxygens (including phenoxy) is 1. The van der Waals surface area contributed by atoms with Crippen LogP contribution in [0.4, 0.5) is 0 Å². The highest BCUT2D eigenvalue weighted by atomic mass is 79.9. The third-order valence-electron chi connectivity index (χ3n) is 3.64. The minimum atomic E-state index is 0.110. The lowest BCUT2D eigenvalue weighted by Crippen LogP contribution is -2.23. The van der Waals surface area contributed by atoms with E-state index in [1.165, 1.54) is 22.3 Å². The van der Waals surface area contributed by atoms with E-state index in [0.717, 1.165) is 16.8 Å². The smallest absolute Gasteiger partial charge is 0.124 e. The van der Waals surface area contributed by atoms with Crippen molar-refractivity contribution in [2.75, 3.05) is 13.7 Å². The monoisotopic (exact) mass is 347 g/mol. The van der Waals surface area contributed by atoms with Crippen LogP contribution in [0.3, 0.4) is 0 Å². The van der Waals surface area contributed by atoms with Crippen molar-refractivity contribution in [3.8, 4) is 5.75 Å². The minimum absolute atomic E-state index is 0.110. The lowest BCUT2D eigenvalue weighted by Gasteiger charge is -2.23. The Morgan fingerprint density at radius 3 is 2.57 bits per heavy atom. The zero-order valence-corrected chi connectivity index (χ0v) is 14.6. The van der Waals surface area contributed by atoms with Crippen molar-refractivity contribution in [1.29, 1.82) is 0 Å². The Morgan fingerprint density at radius 2 is 1.90 bits per heavy atom. The van der Waals surface area contributed by atoms with Crippen LogP contribution in [-0.2, 0) is 0 Å². The molecule has 0 radical (unpaired) electrons. The van der Waals surface area contributed by atoms with E-state index in [1.54, 1.807) is 7.11 Å². The second-order valence-corrected chi connectivity index (χ2v) is 6.01. The van der Waals surface area contributed by atoms with Crippen molar-refractivity contribution in [2.24, 2.45) is 0 Å². The van der Waals surface area contributed by atoms with Gasteiger partial charge in [-0.05, 0) is 37.6 Å². The normalized spacial score (nSPS) is 12.2. The van der Waals surface area contributed by atoms with E-state index in [4.69, 9.17) is 4.74 Å². The fourth-order valence-corrected chi connectivity index (χ4v) is 3.06. The van der Waals surface area contributed by atoms with Gasteiger partial charge in [-0.1, -0.05) is 58.7 Å². The number of halogens is 1. The van der Waals surface area contributed by atoms with Gasteiger partial charge in [0.2, 0.25) is 0 Å². The third kappa shape index (κ3) is 3.47. The molecular weight excluding hydrogens is 326 g/mol. The maximum absolute atomic E-state index is 5.56. The zero-order valence-electron chi connectivity index (χ0n) is 13.0. The van der Waals surface area contributed by atoms with E-state index in [2.05, 4.69) is 72.3 Å². The van der Waals surface area contributed by atoms with Crippen molar-refractivity contribution in [3.63, 3.8) is 0 Å². The van der Waals surface area contributed by atoms with Gasteiger partial charge in [-0.25, -0.2) is 0 Å². The van der Waals surface area contributed by atoms with Crippen LogP contribution in [0, 0.1) is 13.8 Å². The van der Waals surface area contributed by atoms with E-state index >= 15 is 0 Å². The predicted octanol–water partition coefficient (Wildman–Crippen LogP) is 4.77. The van der Waals surface area contributed by atoms with Gasteiger partial charge in [0.25, 0.3) is 0 Å². The highest BCUT2D eigenvalue weighted by Gasteiger charge is 2.20. The molecule has 3 heteroatoms. The molecule has 0 aliphatic heterocycles. The Kier molecular flexibility index (Phi) is 5.43. The molecule has 2 rings (SSSR count). The second-order valence-electron chi connectivity index (χ2n) is 5.21. The molecule has 2 aromatic carbocycles. The van der Waals surface area contributed by atoms with Crippen LogP contribution in [0.2, 0.25) is 0 Å². The first-order valence-corrected chi connectivity index (χ1v) is 8.00. The molecule has 0 saturated heterocycles. The van der Waals surface area contributed by atoms with Crippen LogP contribution in [0.25, 0.3) is 0 Å². The van der Waals surface area contributed by atoms with Gasteiger partial charge in [-0.2, -0.15) is 0 Å². The Morgan fingerprint density at radius 1 is 1.14 bits per heavy atom. The Balaban J connectivity index is 2.58. The van der Waals surface area contributed by atoms with Gasteiger partial charge >= 0.3 is 0 Å². The van der Waals surface area contributed by atoms with Crippen molar-refractivity contribution < 1.29 is 4.74 Å². The highest BCUT2D eigenvalue weighted by Crippen LogP contribution is 2.35. The molecule has 0 fully saturated rings. The number of hydrogen-bond acceptors (Lipinski definition) is 2. The van der Waals surface area contributed by atoms with Crippen LogP contribution in [0.1, 0.15) is 35.2 Å². The summed E-state index contributed by atoms with van der Waals surface area (Å²) in [6, 6.07) is 12.8. The first kappa shape index (κ1) is 16.1. The molecule has 0 spiro atoms. The number of hydrogen-bond donors (Lipinski definition) is 1. The van der Waals surface area contributed by atoms with E-state index in [1.807, 2.05) is 6.07 Å². The van der Waals surface area contributed by atoms with Crippen LogP contribution in [0.5, 0.6) is 5.75 Å². The van der Waals surface area contributed by atoms with E-state index in [0.29, 0.717) is 0 Å². The summed E-state index contributed by atoms with van der Waals surface area (Å²) in [4.78, 5) is 0. The summed E-state index contributed by atoms with van der Waals surface area (Å²) in [6.45, 7) is 7.24. The molecule has 2 aromatic rings. The molecule has 0 heterocycles. The lowest BCUT2D eigenvalue weighted by molar-refractivity contribution is 0.404. The molecule has 1 N–H and O–H groups in total. The fraction of sp³-hybridized carbons (Fsp3) is 0.333. The number of rotatable bonds is 5. The van der Waals surface area contributed by atoms with Gasteiger partial charge in [0, 0.05) is 10.0 Å². The molecule has 21 heavy (non-hydrogen) atoms. The summed E-state index contributed by atoms with van der Waals surface area (Å²) in [6.07, 6.45) is 0. The summed E-state index contributed by atoms with van der Waals surface area (Å²) >= 11 is 3.73. The predicted molar refractivity (Wildman–Crippen MR) is 92.1 cm³/mol. The van der Waals surface area contributed by atoms with Gasteiger partial charge < -0.3 is 10.1 Å². The van der Waals surface area contributed by atoms with Gasteiger partial charge in [-0.3, -0.25) is 0 Å². The molecular formula is C18H22BrNO. The number of nitrogens with one attached hydrogen (secondary N) is 1. The van der Waals surface area contributed by atoms with E-state index in [-0.39, 0.29) is 6.04 Å². The number of aryl methyl sites for hydroxylation is 2. The fourth-order valence-electron chi connectivity index (χ4n) is 2.56. The molecule has 0 aliphatic carbocycles. The van der Waals surface area contributed by atoms with Crippen LogP contribution in [0.15, 0.2) is 40.9 Å². The molecule has 1 unspecified atom stereocenters. The van der Waals surface area contributed by atoms with Crippen LogP contribution in [-0.4, -0.2) is 13.7 Å². The lowest BCUT2D eigenvalue weighted by atomic mass is 9.95. The first-order valence-electron chi connectivity index (χ1n) is 7.21. The van der Waals surface area contributed by atoms with Crippen molar-refractivity contribution in [1.82, 2.24) is 5.32 Å². The Hall–Kier alpha value is -1.32. The van der Waals surface area contributed by atoms with Crippen LogP contribution < -0.4 is 10.1 Å². The van der Waals surface area contributed by atoms with Gasteiger partial charge in [0.15, 0.2) is 0 Å². The van der Waals surface area contributed by atoms with Crippen molar-refractivity contribution in [3.05, 3.63) is 63.1 Å². The molecule has 0 bridgehead atoms. The van der Waals surface area contributed by atoms with Gasteiger partial charge in [0.05, 0.1) is 13.2 Å². The molecule has 0 aromatic heterocycles. The number of benzene rings is 2. The summed E-state index contributed by atoms with van der Waals surface area (Å²) in [5.74, 6) is 0.917. The minimum Gasteiger partial charge on any atom is -0.496 e. The van der Waals surface area contributed by atoms with Gasteiger partial charge in [0.1, 0.15) is 5.75 Å². The standard InChI is InChI=1S/C18H22BrNO/c1-5-20-18(14-8-6-7-13(3)17(14)19)15-11-12(2)9-10-16(15)21-4/h6-11,18,20H,5H2,1-4H3. The third-order valence-corrected chi connectivity index (χ3v) is 4.72. The molecule has 0 amide bonds. The van der Waals surface area contributed by atoms with Crippen LogP contribution >= 0.6 is 15.9 Å². The first-order chi connectivity index (χ1) is 10.1. The Bertz CT molecular complexity index is 625. The highest BCUT2D eigenvalue weighted by molar-refractivity contribution is 9.10. The van der Waals surface area contributed by atoms with Crippen molar-refractivity contribution >= 4 is 15.9 Å². The largest absolute Gasteiger partial charge is 0.496 e. The molecule has 2 nitrogen and oxygen atoms in total. The summed E-state index contributed by atoms with van der Waals surface area (Å²) in [5, 5.41) is 3.58. The summed E-state index contributed by atoms with van der Waals surface area (Å²) in [7, 11) is 1.72. The number of methoxy groups -OCH3 is 1. The quantitative estimate of drug-likeness (QED) is 0.840. The average Bonchev–Trinajstić information content (AvgIpc) is 2.48. The molecule has 1 atom stereocenters. The second kappa shape index (κ2) is 7.10. The Labute approximate surface area is 135 Å². The van der Waals surface area contributed by atoms with Gasteiger partial charge in [-0.15, -0.1) is 0 Å². The average molecular weight is 348 g/mol. The SMILES string of the molecule is CCNC(c1cc(C)ccc1OC)c1cccc(C)c1Br. The maximum atomic E-state index is 5.56. The molecule has 0 saturated carbocycles. The molecule has 112 valence electrons. The molecule has 0 aliphatic rings. The van der Waals surface area contributed by atoms with E-state index in [9.17, 15) is 0 Å².